The van der Waals surface area contributed by atoms with E-state index in [4.69, 9.17) is 4.52 Å². The van der Waals surface area contributed by atoms with Crippen LogP contribution in [-0.4, -0.2) is 42.9 Å². The van der Waals surface area contributed by atoms with Gasteiger partial charge in [-0.05, 0) is 51.2 Å². The van der Waals surface area contributed by atoms with Crippen LogP contribution >= 0.6 is 0 Å². The minimum Gasteiger partial charge on any atom is -0.355 e. The van der Waals surface area contributed by atoms with Crippen molar-refractivity contribution in [1.29, 1.82) is 0 Å². The second-order valence-electron chi connectivity index (χ2n) is 9.23. The van der Waals surface area contributed by atoms with Crippen LogP contribution in [0.5, 0.6) is 0 Å². The van der Waals surface area contributed by atoms with Crippen LogP contribution in [0.2, 0.25) is 0 Å². The third kappa shape index (κ3) is 5.55. The number of nitrogens with zero attached hydrogens (tertiary/aromatic N) is 2. The first-order valence-electron chi connectivity index (χ1n) is 11.9. The summed E-state index contributed by atoms with van der Waals surface area (Å²) in [5.74, 6) is 0.162. The molecule has 2 fully saturated rings. The lowest BCUT2D eigenvalue weighted by atomic mass is 9.93. The number of piperidine rings is 1. The lowest BCUT2D eigenvalue weighted by Crippen LogP contribution is -2.45. The third-order valence-corrected chi connectivity index (χ3v) is 8.77. The Morgan fingerprint density at radius 1 is 1.03 bits per heavy atom. The van der Waals surface area contributed by atoms with Gasteiger partial charge in [0, 0.05) is 25.0 Å². The number of nitrogens with one attached hydrogen (secondary N) is 1. The predicted octanol–water partition coefficient (Wildman–Crippen LogP) is 4.31. The number of amides is 1. The Kier molecular flexibility index (Phi) is 7.34. The lowest BCUT2D eigenvalue weighted by molar-refractivity contribution is -0.127. The Morgan fingerprint density at radius 2 is 1.70 bits per heavy atom. The van der Waals surface area contributed by atoms with Gasteiger partial charge in [-0.2, -0.15) is 4.31 Å². The van der Waals surface area contributed by atoms with Gasteiger partial charge >= 0.3 is 0 Å². The van der Waals surface area contributed by atoms with E-state index in [1.807, 2.05) is 37.3 Å². The van der Waals surface area contributed by atoms with Crippen LogP contribution in [0.15, 0.2) is 33.7 Å². The summed E-state index contributed by atoms with van der Waals surface area (Å²) >= 11 is 0. The van der Waals surface area contributed by atoms with E-state index in [-0.39, 0.29) is 28.5 Å². The number of sulfonamides is 1. The highest BCUT2D eigenvalue weighted by molar-refractivity contribution is 7.89. The van der Waals surface area contributed by atoms with Gasteiger partial charge in [-0.1, -0.05) is 60.3 Å². The van der Waals surface area contributed by atoms with E-state index in [9.17, 15) is 13.2 Å². The van der Waals surface area contributed by atoms with Crippen molar-refractivity contribution in [3.63, 3.8) is 0 Å². The van der Waals surface area contributed by atoms with Crippen molar-refractivity contribution in [2.24, 2.45) is 5.92 Å². The smallest absolute Gasteiger partial charge is 0.248 e. The molecule has 1 aromatic heterocycles. The highest BCUT2D eigenvalue weighted by Crippen LogP contribution is 2.29. The van der Waals surface area contributed by atoms with Crippen molar-refractivity contribution in [1.82, 2.24) is 14.8 Å². The van der Waals surface area contributed by atoms with Crippen molar-refractivity contribution in [3.8, 4) is 0 Å². The molecule has 7 nitrogen and oxygen atoms in total. The molecule has 0 unspecified atom stereocenters. The molecule has 2 aliphatic rings. The number of carbonyl (C=O) groups is 1. The molecule has 1 saturated carbocycles. The molecule has 1 aromatic carbocycles. The zero-order chi connectivity index (χ0) is 23.4. The fraction of sp³-hybridized carbons (Fsp3) is 0.520. The van der Waals surface area contributed by atoms with E-state index in [1.54, 1.807) is 13.0 Å². The Hall–Kier alpha value is -2.45. The lowest BCUT2D eigenvalue weighted by Gasteiger charge is -2.32. The Bertz CT molecular complexity index is 1090. The molecule has 1 aliphatic carbocycles. The van der Waals surface area contributed by atoms with Gasteiger partial charge in [0.1, 0.15) is 5.69 Å². The average Bonchev–Trinajstić information content (AvgIpc) is 3.20. The summed E-state index contributed by atoms with van der Waals surface area (Å²) in [6.07, 6.45) is 10.2. The molecule has 0 radical (unpaired) electrons. The zero-order valence-corrected chi connectivity index (χ0v) is 20.2. The highest BCUT2D eigenvalue weighted by atomic mass is 32.2. The first kappa shape index (κ1) is 23.7. The molecule has 2 heterocycles. The van der Waals surface area contributed by atoms with Gasteiger partial charge in [0.2, 0.25) is 15.9 Å². The molecule has 178 valence electrons. The summed E-state index contributed by atoms with van der Waals surface area (Å²) in [5, 5.41) is 7.10. The molecular formula is C25H33N3O4S. The Labute approximate surface area is 196 Å². The van der Waals surface area contributed by atoms with Crippen LogP contribution in [-0.2, 0) is 14.8 Å². The minimum absolute atomic E-state index is 0.0711. The zero-order valence-electron chi connectivity index (χ0n) is 19.4. The van der Waals surface area contributed by atoms with Gasteiger partial charge in [0.25, 0.3) is 0 Å². The van der Waals surface area contributed by atoms with Crippen molar-refractivity contribution in [3.05, 3.63) is 46.8 Å². The monoisotopic (exact) mass is 471 g/mol. The Balaban J connectivity index is 1.42. The van der Waals surface area contributed by atoms with E-state index in [0.717, 1.165) is 24.0 Å². The highest BCUT2D eigenvalue weighted by Gasteiger charge is 2.36. The molecule has 1 N–H and O–H groups in total. The summed E-state index contributed by atoms with van der Waals surface area (Å²) in [5.41, 5.74) is 2.44. The van der Waals surface area contributed by atoms with E-state index in [2.05, 4.69) is 10.5 Å². The fourth-order valence-corrected chi connectivity index (χ4v) is 6.42. The molecular weight excluding hydrogens is 438 g/mol. The molecule has 1 saturated heterocycles. The number of aryl methyl sites for hydroxylation is 2. The van der Waals surface area contributed by atoms with Crippen LogP contribution < -0.4 is 5.32 Å². The van der Waals surface area contributed by atoms with Crippen LogP contribution in [0.25, 0.3) is 12.2 Å². The summed E-state index contributed by atoms with van der Waals surface area (Å²) in [4.78, 5) is 12.8. The quantitative estimate of drug-likeness (QED) is 0.678. The molecule has 0 bridgehead atoms. The van der Waals surface area contributed by atoms with Crippen LogP contribution in [0, 0.1) is 19.8 Å². The number of carbonyl (C=O) groups excluding carboxylic acids is 1. The minimum atomic E-state index is -3.77. The number of aromatic nitrogens is 1. The summed E-state index contributed by atoms with van der Waals surface area (Å²) in [6, 6.07) is 8.20. The van der Waals surface area contributed by atoms with Gasteiger partial charge in [-0.25, -0.2) is 8.42 Å². The molecule has 8 heteroatoms. The predicted molar refractivity (Wildman–Crippen MR) is 128 cm³/mol. The van der Waals surface area contributed by atoms with Crippen molar-refractivity contribution >= 4 is 28.1 Å². The molecule has 2 aromatic rings. The topological polar surface area (TPSA) is 92.5 Å². The normalized spacial score (nSPS) is 19.2. The van der Waals surface area contributed by atoms with E-state index in [1.165, 1.54) is 23.6 Å². The van der Waals surface area contributed by atoms with Crippen LogP contribution in [0.1, 0.15) is 67.5 Å². The van der Waals surface area contributed by atoms with Crippen molar-refractivity contribution in [2.75, 3.05) is 13.1 Å². The van der Waals surface area contributed by atoms with Crippen LogP contribution in [0.4, 0.5) is 0 Å². The van der Waals surface area contributed by atoms with Crippen LogP contribution in [0.3, 0.4) is 0 Å². The molecule has 1 amide bonds. The largest absolute Gasteiger partial charge is 0.355 e. The van der Waals surface area contributed by atoms with Gasteiger partial charge in [-0.3, -0.25) is 4.79 Å². The SMILES string of the molecule is Cc1ccc(C=Cc2onc(C)c2S(=O)(=O)N2CCC(C(=O)NC3CCCCC3)CC2)cc1. The van der Waals surface area contributed by atoms with Gasteiger partial charge in [0.05, 0.1) is 0 Å². The van der Waals surface area contributed by atoms with E-state index < -0.39 is 10.0 Å². The second-order valence-corrected chi connectivity index (χ2v) is 11.1. The first-order chi connectivity index (χ1) is 15.8. The number of rotatable bonds is 6. The maximum atomic E-state index is 13.4. The molecule has 0 spiro atoms. The van der Waals surface area contributed by atoms with E-state index >= 15 is 0 Å². The van der Waals surface area contributed by atoms with Gasteiger partial charge in [0.15, 0.2) is 10.7 Å². The summed E-state index contributed by atoms with van der Waals surface area (Å²) in [6.45, 7) is 4.29. The maximum Gasteiger partial charge on any atom is 0.248 e. The third-order valence-electron chi connectivity index (χ3n) is 6.71. The average molecular weight is 472 g/mol. The van der Waals surface area contributed by atoms with E-state index in [0.29, 0.717) is 31.6 Å². The second kappa shape index (κ2) is 10.2. The molecule has 0 atom stereocenters. The summed E-state index contributed by atoms with van der Waals surface area (Å²) < 4.78 is 33.7. The standard InChI is InChI=1S/C25H33N3O4S/c1-18-8-10-20(11-9-18)12-13-23-24(19(2)27-32-23)33(30,31)28-16-14-21(15-17-28)25(29)26-22-6-4-3-5-7-22/h8-13,21-22H,3-7,14-17H2,1-2H3,(H,26,29). The number of hydrogen-bond donors (Lipinski definition) is 1. The Morgan fingerprint density at radius 3 is 2.36 bits per heavy atom. The molecule has 33 heavy (non-hydrogen) atoms. The number of hydrogen-bond acceptors (Lipinski definition) is 5. The summed E-state index contributed by atoms with van der Waals surface area (Å²) in [7, 11) is -3.77. The van der Waals surface area contributed by atoms with Gasteiger partial charge < -0.3 is 9.84 Å². The van der Waals surface area contributed by atoms with Crippen molar-refractivity contribution < 1.29 is 17.7 Å². The van der Waals surface area contributed by atoms with Gasteiger partial charge in [-0.15, -0.1) is 0 Å². The maximum absolute atomic E-state index is 13.4. The molecule has 4 rings (SSSR count). The fourth-order valence-electron chi connectivity index (χ4n) is 4.70. The molecule has 1 aliphatic heterocycles. The first-order valence-corrected chi connectivity index (χ1v) is 13.3. The number of benzene rings is 1. The van der Waals surface area contributed by atoms with Crippen molar-refractivity contribution in [2.45, 2.75) is 69.7 Å².